The molecule has 0 amide bonds. The molecule has 90 valence electrons. The highest BCUT2D eigenvalue weighted by Crippen LogP contribution is 2.28. The predicted octanol–water partition coefficient (Wildman–Crippen LogP) is 4.19. The highest BCUT2D eigenvalue weighted by atomic mass is 35.5. The second kappa shape index (κ2) is 6.48. The predicted molar refractivity (Wildman–Crippen MR) is 70.2 cm³/mol. The zero-order chi connectivity index (χ0) is 12.1. The monoisotopic (exact) mass is 260 g/mol. The number of aliphatic hydroxyl groups excluding tert-OH is 1. The van der Waals surface area contributed by atoms with Crippen molar-refractivity contribution in [2.75, 3.05) is 6.61 Å². The third kappa shape index (κ3) is 3.97. The Hall–Kier alpha value is -0.240. The standard InChI is InChI=1S/C13H18Cl2O/c1-9(2)6-10(8-16)7-11-12(14)4-3-5-13(11)15/h3-5,9-10,16H,6-8H2,1-2H3. The third-order valence-corrected chi connectivity index (χ3v) is 3.33. The molecule has 0 aliphatic heterocycles. The minimum absolute atomic E-state index is 0.180. The minimum Gasteiger partial charge on any atom is -0.396 e. The van der Waals surface area contributed by atoms with Crippen LogP contribution in [0, 0.1) is 11.8 Å². The first-order valence-electron chi connectivity index (χ1n) is 5.58. The molecule has 16 heavy (non-hydrogen) atoms. The summed E-state index contributed by atoms with van der Waals surface area (Å²) in [6.45, 7) is 4.48. The molecule has 1 N–H and O–H groups in total. The molecule has 1 rings (SSSR count). The van der Waals surface area contributed by atoms with Crippen molar-refractivity contribution in [3.05, 3.63) is 33.8 Å². The summed E-state index contributed by atoms with van der Waals surface area (Å²) in [4.78, 5) is 0. The molecule has 0 spiro atoms. The molecule has 0 bridgehead atoms. The zero-order valence-corrected chi connectivity index (χ0v) is 11.2. The lowest BCUT2D eigenvalue weighted by Crippen LogP contribution is -2.13. The van der Waals surface area contributed by atoms with Gasteiger partial charge in [0.25, 0.3) is 0 Å². The fraction of sp³-hybridized carbons (Fsp3) is 0.538. The average Bonchev–Trinajstić information content (AvgIpc) is 2.21. The van der Waals surface area contributed by atoms with Crippen LogP contribution in [0.4, 0.5) is 0 Å². The molecular weight excluding hydrogens is 243 g/mol. The summed E-state index contributed by atoms with van der Waals surface area (Å²) >= 11 is 12.2. The fourth-order valence-electron chi connectivity index (χ4n) is 1.91. The summed E-state index contributed by atoms with van der Waals surface area (Å²) in [7, 11) is 0. The number of halogens is 2. The molecule has 1 nitrogen and oxygen atoms in total. The van der Waals surface area contributed by atoms with Gasteiger partial charge in [-0.1, -0.05) is 43.1 Å². The van der Waals surface area contributed by atoms with Crippen molar-refractivity contribution in [1.29, 1.82) is 0 Å². The zero-order valence-electron chi connectivity index (χ0n) is 9.71. The fourth-order valence-corrected chi connectivity index (χ4v) is 2.46. The molecule has 3 heteroatoms. The SMILES string of the molecule is CC(C)CC(CO)Cc1c(Cl)cccc1Cl. The van der Waals surface area contributed by atoms with Gasteiger partial charge in [-0.05, 0) is 42.4 Å². The molecule has 0 saturated carbocycles. The lowest BCUT2D eigenvalue weighted by molar-refractivity contribution is 0.205. The molecule has 1 aromatic rings. The highest BCUT2D eigenvalue weighted by molar-refractivity contribution is 6.35. The summed E-state index contributed by atoms with van der Waals surface area (Å²) in [6.07, 6.45) is 1.73. The number of hydrogen-bond acceptors (Lipinski definition) is 1. The van der Waals surface area contributed by atoms with E-state index in [1.807, 2.05) is 18.2 Å². The summed E-state index contributed by atoms with van der Waals surface area (Å²) in [6, 6.07) is 5.52. The van der Waals surface area contributed by atoms with Gasteiger partial charge >= 0.3 is 0 Å². The van der Waals surface area contributed by atoms with E-state index >= 15 is 0 Å². The van der Waals surface area contributed by atoms with Gasteiger partial charge in [0.15, 0.2) is 0 Å². The van der Waals surface area contributed by atoms with Crippen LogP contribution in [0.15, 0.2) is 18.2 Å². The summed E-state index contributed by atoms with van der Waals surface area (Å²) in [5.74, 6) is 0.802. The van der Waals surface area contributed by atoms with Gasteiger partial charge in [0, 0.05) is 16.7 Å². The van der Waals surface area contributed by atoms with Crippen molar-refractivity contribution in [3.63, 3.8) is 0 Å². The Bertz CT molecular complexity index is 316. The van der Waals surface area contributed by atoms with Gasteiger partial charge in [-0.15, -0.1) is 0 Å². The van der Waals surface area contributed by atoms with E-state index in [0.717, 1.165) is 18.4 Å². The first-order chi connectivity index (χ1) is 7.54. The Morgan fingerprint density at radius 1 is 1.19 bits per heavy atom. The topological polar surface area (TPSA) is 20.2 Å². The second-order valence-corrected chi connectivity index (χ2v) is 5.40. The molecule has 1 atom stereocenters. The van der Waals surface area contributed by atoms with Crippen LogP contribution in [0.2, 0.25) is 10.0 Å². The van der Waals surface area contributed by atoms with E-state index in [2.05, 4.69) is 13.8 Å². The normalized spacial score (nSPS) is 13.1. The molecular formula is C13H18Cl2O. The van der Waals surface area contributed by atoms with Crippen LogP contribution in [0.25, 0.3) is 0 Å². The van der Waals surface area contributed by atoms with Gasteiger partial charge in [-0.25, -0.2) is 0 Å². The molecule has 1 aromatic carbocycles. The van der Waals surface area contributed by atoms with Crippen molar-refractivity contribution in [1.82, 2.24) is 0 Å². The van der Waals surface area contributed by atoms with Crippen LogP contribution in [-0.4, -0.2) is 11.7 Å². The van der Waals surface area contributed by atoms with E-state index in [4.69, 9.17) is 23.2 Å². The van der Waals surface area contributed by atoms with Gasteiger partial charge in [0.05, 0.1) is 0 Å². The summed E-state index contributed by atoms with van der Waals surface area (Å²) in [5.41, 5.74) is 0.950. The van der Waals surface area contributed by atoms with Crippen LogP contribution >= 0.6 is 23.2 Å². The van der Waals surface area contributed by atoms with Gasteiger partial charge in [-0.3, -0.25) is 0 Å². The Balaban J connectivity index is 2.77. The maximum atomic E-state index is 9.33. The van der Waals surface area contributed by atoms with E-state index in [9.17, 15) is 5.11 Å². The van der Waals surface area contributed by atoms with Crippen LogP contribution in [0.5, 0.6) is 0 Å². The number of hydrogen-bond donors (Lipinski definition) is 1. The molecule has 0 heterocycles. The minimum atomic E-state index is 0.180. The van der Waals surface area contributed by atoms with Crippen molar-refractivity contribution < 1.29 is 5.11 Å². The van der Waals surface area contributed by atoms with Crippen LogP contribution in [0.1, 0.15) is 25.8 Å². The maximum absolute atomic E-state index is 9.33. The highest BCUT2D eigenvalue weighted by Gasteiger charge is 2.14. The molecule has 0 fully saturated rings. The Morgan fingerprint density at radius 3 is 2.19 bits per heavy atom. The van der Waals surface area contributed by atoms with Gasteiger partial charge in [0.2, 0.25) is 0 Å². The van der Waals surface area contributed by atoms with E-state index in [0.29, 0.717) is 16.0 Å². The van der Waals surface area contributed by atoms with E-state index in [1.54, 1.807) is 0 Å². The van der Waals surface area contributed by atoms with E-state index < -0.39 is 0 Å². The third-order valence-electron chi connectivity index (χ3n) is 2.62. The lowest BCUT2D eigenvalue weighted by atomic mass is 9.91. The second-order valence-electron chi connectivity index (χ2n) is 4.58. The molecule has 0 aliphatic carbocycles. The van der Waals surface area contributed by atoms with Crippen LogP contribution in [-0.2, 0) is 6.42 Å². The first-order valence-corrected chi connectivity index (χ1v) is 6.34. The number of rotatable bonds is 5. The average molecular weight is 261 g/mol. The van der Waals surface area contributed by atoms with Crippen molar-refractivity contribution in [2.24, 2.45) is 11.8 Å². The Kier molecular flexibility index (Phi) is 5.60. The first kappa shape index (κ1) is 13.8. The maximum Gasteiger partial charge on any atom is 0.0462 e. The quantitative estimate of drug-likeness (QED) is 0.842. The van der Waals surface area contributed by atoms with Crippen molar-refractivity contribution in [2.45, 2.75) is 26.7 Å². The number of aliphatic hydroxyl groups is 1. The van der Waals surface area contributed by atoms with E-state index in [1.165, 1.54) is 0 Å². The van der Waals surface area contributed by atoms with Crippen molar-refractivity contribution >= 4 is 23.2 Å². The van der Waals surface area contributed by atoms with Crippen LogP contribution in [0.3, 0.4) is 0 Å². The van der Waals surface area contributed by atoms with Crippen LogP contribution < -0.4 is 0 Å². The van der Waals surface area contributed by atoms with Gasteiger partial charge in [0.1, 0.15) is 0 Å². The smallest absolute Gasteiger partial charge is 0.0462 e. The Labute approximate surface area is 107 Å². The largest absolute Gasteiger partial charge is 0.396 e. The summed E-state index contributed by atoms with van der Waals surface area (Å²) in [5, 5.41) is 10.7. The number of benzene rings is 1. The molecule has 0 aromatic heterocycles. The van der Waals surface area contributed by atoms with E-state index in [-0.39, 0.29) is 12.5 Å². The Morgan fingerprint density at radius 2 is 1.75 bits per heavy atom. The molecule has 0 aliphatic rings. The lowest BCUT2D eigenvalue weighted by Gasteiger charge is -2.17. The molecule has 0 saturated heterocycles. The molecule has 0 radical (unpaired) electrons. The van der Waals surface area contributed by atoms with Gasteiger partial charge in [-0.2, -0.15) is 0 Å². The molecule has 1 unspecified atom stereocenters. The summed E-state index contributed by atoms with van der Waals surface area (Å²) < 4.78 is 0. The van der Waals surface area contributed by atoms with Crippen molar-refractivity contribution in [3.8, 4) is 0 Å². The van der Waals surface area contributed by atoms with Gasteiger partial charge < -0.3 is 5.11 Å².